The van der Waals surface area contributed by atoms with Crippen LogP contribution in [0.5, 0.6) is 0 Å². The van der Waals surface area contributed by atoms with Crippen molar-refractivity contribution in [2.75, 3.05) is 5.73 Å². The van der Waals surface area contributed by atoms with Crippen molar-refractivity contribution >= 4 is 17.3 Å². The van der Waals surface area contributed by atoms with Gasteiger partial charge in [0, 0.05) is 24.9 Å². The molecule has 19 heavy (non-hydrogen) atoms. The van der Waals surface area contributed by atoms with E-state index in [9.17, 15) is 0 Å². The highest BCUT2D eigenvalue weighted by molar-refractivity contribution is 6.33. The van der Waals surface area contributed by atoms with E-state index in [0.717, 1.165) is 5.56 Å². The van der Waals surface area contributed by atoms with Gasteiger partial charge in [-0.25, -0.2) is 0 Å². The van der Waals surface area contributed by atoms with Gasteiger partial charge in [-0.3, -0.25) is 4.68 Å². The normalized spacial score (nSPS) is 10.8. The van der Waals surface area contributed by atoms with Gasteiger partial charge in [0.05, 0.1) is 10.7 Å². The molecule has 0 radical (unpaired) electrons. The Bertz CT molecular complexity index is 730. The van der Waals surface area contributed by atoms with E-state index in [0.29, 0.717) is 22.4 Å². The molecule has 0 saturated carbocycles. The maximum atomic E-state index is 6.01. The van der Waals surface area contributed by atoms with Gasteiger partial charge in [-0.05, 0) is 28.6 Å². The molecule has 3 rings (SSSR count). The number of nitrogen functional groups attached to an aromatic ring is 1. The molecule has 0 atom stereocenters. The minimum atomic E-state index is 0.466. The summed E-state index contributed by atoms with van der Waals surface area (Å²) < 4.78 is 3.22. The summed E-state index contributed by atoms with van der Waals surface area (Å²) in [6.07, 6.45) is 1.82. The number of hydrogen-bond acceptors (Lipinski definition) is 5. The van der Waals surface area contributed by atoms with Crippen molar-refractivity contribution in [1.82, 2.24) is 30.0 Å². The van der Waals surface area contributed by atoms with Crippen molar-refractivity contribution in [3.8, 4) is 17.2 Å². The van der Waals surface area contributed by atoms with E-state index in [1.54, 1.807) is 21.5 Å². The van der Waals surface area contributed by atoms with Crippen molar-refractivity contribution in [1.29, 1.82) is 0 Å². The molecule has 96 valence electrons. The largest absolute Gasteiger partial charge is 0.398 e. The van der Waals surface area contributed by atoms with Crippen LogP contribution in [0.2, 0.25) is 5.02 Å². The number of benzene rings is 1. The van der Waals surface area contributed by atoms with Crippen molar-refractivity contribution in [3.63, 3.8) is 0 Å². The van der Waals surface area contributed by atoms with Gasteiger partial charge in [-0.15, -0.1) is 5.10 Å². The molecule has 0 bridgehead atoms. The van der Waals surface area contributed by atoms with Gasteiger partial charge in [0.1, 0.15) is 0 Å². The van der Waals surface area contributed by atoms with E-state index in [1.807, 2.05) is 25.4 Å². The van der Waals surface area contributed by atoms with Crippen molar-refractivity contribution in [2.24, 2.45) is 7.05 Å². The Kier molecular flexibility index (Phi) is 2.68. The van der Waals surface area contributed by atoms with Gasteiger partial charge >= 0.3 is 0 Å². The number of hydrogen-bond donors (Lipinski definition) is 1. The van der Waals surface area contributed by atoms with Crippen LogP contribution in [0.15, 0.2) is 30.5 Å². The lowest BCUT2D eigenvalue weighted by atomic mass is 10.2. The molecule has 0 saturated heterocycles. The van der Waals surface area contributed by atoms with Crippen molar-refractivity contribution < 1.29 is 0 Å². The smallest absolute Gasteiger partial charge is 0.189 e. The monoisotopic (exact) mass is 275 g/mol. The van der Waals surface area contributed by atoms with Crippen LogP contribution in [0.4, 0.5) is 5.69 Å². The standard InChI is InChI=1S/C11H10ClN7/c1-18-5-4-10(15-18)19-11(14-16-17-19)7-2-3-9(13)8(12)6-7/h2-6H,13H2,1H3. The molecule has 0 aliphatic carbocycles. The van der Waals surface area contributed by atoms with Gasteiger partial charge in [-0.2, -0.15) is 9.78 Å². The van der Waals surface area contributed by atoms with E-state index in [2.05, 4.69) is 20.6 Å². The second-order valence-electron chi connectivity index (χ2n) is 4.00. The number of halogens is 1. The highest BCUT2D eigenvalue weighted by atomic mass is 35.5. The summed E-state index contributed by atoms with van der Waals surface area (Å²) in [5.74, 6) is 1.19. The summed E-state index contributed by atoms with van der Waals surface area (Å²) in [6, 6.07) is 7.07. The summed E-state index contributed by atoms with van der Waals surface area (Å²) in [5, 5.41) is 16.3. The van der Waals surface area contributed by atoms with Crippen LogP contribution in [0.3, 0.4) is 0 Å². The molecule has 8 heteroatoms. The predicted octanol–water partition coefficient (Wildman–Crippen LogP) is 1.30. The third kappa shape index (κ3) is 2.04. The number of aryl methyl sites for hydroxylation is 1. The second-order valence-corrected chi connectivity index (χ2v) is 4.41. The highest BCUT2D eigenvalue weighted by Gasteiger charge is 2.13. The van der Waals surface area contributed by atoms with E-state index >= 15 is 0 Å². The lowest BCUT2D eigenvalue weighted by Crippen LogP contribution is -2.02. The molecule has 2 N–H and O–H groups in total. The third-order valence-corrected chi connectivity index (χ3v) is 2.97. The molecule has 2 heterocycles. The van der Waals surface area contributed by atoms with Crippen LogP contribution >= 0.6 is 11.6 Å². The Balaban J connectivity index is 2.11. The minimum absolute atomic E-state index is 0.466. The zero-order chi connectivity index (χ0) is 13.4. The van der Waals surface area contributed by atoms with Gasteiger partial charge in [0.2, 0.25) is 0 Å². The van der Waals surface area contributed by atoms with Gasteiger partial charge < -0.3 is 5.73 Å². The lowest BCUT2D eigenvalue weighted by molar-refractivity contribution is 0.715. The molecule has 1 aromatic carbocycles. The molecule has 0 fully saturated rings. The zero-order valence-electron chi connectivity index (χ0n) is 10.0. The number of nitrogens with zero attached hydrogens (tertiary/aromatic N) is 6. The molecule has 2 aromatic heterocycles. The van der Waals surface area contributed by atoms with E-state index < -0.39 is 0 Å². The average molecular weight is 276 g/mol. The van der Waals surface area contributed by atoms with Crippen LogP contribution in [-0.4, -0.2) is 30.0 Å². The molecule has 7 nitrogen and oxygen atoms in total. The first kappa shape index (κ1) is 11.7. The number of aromatic nitrogens is 6. The van der Waals surface area contributed by atoms with Gasteiger partial charge in [0.25, 0.3) is 0 Å². The maximum absolute atomic E-state index is 6.01. The van der Waals surface area contributed by atoms with E-state index in [-0.39, 0.29) is 0 Å². The van der Waals surface area contributed by atoms with Gasteiger partial charge in [-0.1, -0.05) is 11.6 Å². The van der Waals surface area contributed by atoms with Crippen molar-refractivity contribution in [2.45, 2.75) is 0 Å². The minimum Gasteiger partial charge on any atom is -0.398 e. The highest BCUT2D eigenvalue weighted by Crippen LogP contribution is 2.26. The number of rotatable bonds is 2. The van der Waals surface area contributed by atoms with Crippen LogP contribution in [0.1, 0.15) is 0 Å². The Labute approximate surface area is 113 Å². The molecular formula is C11H10ClN7. The first-order chi connectivity index (χ1) is 9.15. The fourth-order valence-electron chi connectivity index (χ4n) is 1.70. The topological polar surface area (TPSA) is 87.4 Å². The van der Waals surface area contributed by atoms with E-state index in [4.69, 9.17) is 17.3 Å². The SMILES string of the molecule is Cn1ccc(-n2nnnc2-c2ccc(N)c(Cl)c2)n1. The number of tetrazole rings is 1. The van der Waals surface area contributed by atoms with Crippen LogP contribution in [-0.2, 0) is 7.05 Å². The fraction of sp³-hybridized carbons (Fsp3) is 0.0909. The van der Waals surface area contributed by atoms with E-state index in [1.165, 1.54) is 0 Å². The van der Waals surface area contributed by atoms with Crippen molar-refractivity contribution in [3.05, 3.63) is 35.5 Å². The molecule has 0 spiro atoms. The van der Waals surface area contributed by atoms with Gasteiger partial charge in [0.15, 0.2) is 11.6 Å². The van der Waals surface area contributed by atoms with Crippen LogP contribution in [0.25, 0.3) is 17.2 Å². The molecule has 0 unspecified atom stereocenters. The summed E-state index contributed by atoms with van der Waals surface area (Å²) in [5.41, 5.74) is 6.98. The quantitative estimate of drug-likeness (QED) is 0.712. The number of anilines is 1. The predicted molar refractivity (Wildman–Crippen MR) is 70.8 cm³/mol. The maximum Gasteiger partial charge on any atom is 0.189 e. The van der Waals surface area contributed by atoms with Crippen LogP contribution < -0.4 is 5.73 Å². The first-order valence-corrected chi connectivity index (χ1v) is 5.87. The molecule has 3 aromatic rings. The Morgan fingerprint density at radius 1 is 1.26 bits per heavy atom. The number of nitrogens with two attached hydrogens (primary N) is 1. The zero-order valence-corrected chi connectivity index (χ0v) is 10.8. The first-order valence-electron chi connectivity index (χ1n) is 5.49. The Morgan fingerprint density at radius 3 is 2.79 bits per heavy atom. The second kappa shape index (κ2) is 4.36. The third-order valence-electron chi connectivity index (χ3n) is 2.64. The Hall–Kier alpha value is -2.41. The summed E-state index contributed by atoms with van der Waals surface area (Å²) in [4.78, 5) is 0. The summed E-state index contributed by atoms with van der Waals surface area (Å²) in [6.45, 7) is 0. The molecule has 0 aliphatic rings. The fourth-order valence-corrected chi connectivity index (χ4v) is 1.88. The molecular weight excluding hydrogens is 266 g/mol. The molecule has 0 amide bonds. The lowest BCUT2D eigenvalue weighted by Gasteiger charge is -2.03. The summed E-state index contributed by atoms with van der Waals surface area (Å²) >= 11 is 6.01. The Morgan fingerprint density at radius 2 is 2.11 bits per heavy atom. The van der Waals surface area contributed by atoms with Crippen LogP contribution in [0, 0.1) is 0 Å². The molecule has 0 aliphatic heterocycles. The summed E-state index contributed by atoms with van der Waals surface area (Å²) in [7, 11) is 1.83. The average Bonchev–Trinajstić information content (AvgIpc) is 3.00.